The number of rotatable bonds is 6. The standard InChI is InChI=1S/C5H14O6SSi/c1-9-13(10-2,11-3)5-4-12(6,7)8/h4-5H2,1-3H3,(H,6,7,8). The van der Waals surface area contributed by atoms with E-state index in [9.17, 15) is 8.42 Å². The minimum atomic E-state index is -3.99. The van der Waals surface area contributed by atoms with Gasteiger partial charge in [0, 0.05) is 27.4 Å². The molecular weight excluding hydrogens is 216 g/mol. The summed E-state index contributed by atoms with van der Waals surface area (Å²) in [5, 5.41) is 0. The Labute approximate surface area is 78.9 Å². The largest absolute Gasteiger partial charge is 0.501 e. The van der Waals surface area contributed by atoms with E-state index in [1.54, 1.807) is 0 Å². The van der Waals surface area contributed by atoms with Crippen LogP contribution in [0.1, 0.15) is 0 Å². The molecule has 13 heavy (non-hydrogen) atoms. The highest BCUT2D eigenvalue weighted by molar-refractivity contribution is 7.85. The Hall–Kier alpha value is 0.00688. The van der Waals surface area contributed by atoms with Gasteiger partial charge in [-0.15, -0.1) is 0 Å². The fourth-order valence-corrected chi connectivity index (χ4v) is 3.95. The summed E-state index contributed by atoms with van der Waals surface area (Å²) in [6.07, 6.45) is 0. The Morgan fingerprint density at radius 2 is 1.54 bits per heavy atom. The molecule has 0 fully saturated rings. The third kappa shape index (κ3) is 4.69. The van der Waals surface area contributed by atoms with Gasteiger partial charge in [-0.1, -0.05) is 0 Å². The second-order valence-corrected chi connectivity index (χ2v) is 6.99. The van der Waals surface area contributed by atoms with Crippen LogP contribution in [-0.4, -0.2) is 48.9 Å². The summed E-state index contributed by atoms with van der Waals surface area (Å²) in [6.45, 7) is 0. The molecule has 0 aromatic heterocycles. The Balaban J connectivity index is 4.27. The van der Waals surface area contributed by atoms with Crippen LogP contribution >= 0.6 is 0 Å². The first-order valence-corrected chi connectivity index (χ1v) is 7.04. The van der Waals surface area contributed by atoms with Crippen LogP contribution in [-0.2, 0) is 23.4 Å². The van der Waals surface area contributed by atoms with Crippen molar-refractivity contribution in [2.24, 2.45) is 0 Å². The van der Waals surface area contributed by atoms with Gasteiger partial charge in [-0.3, -0.25) is 4.55 Å². The van der Waals surface area contributed by atoms with E-state index in [2.05, 4.69) is 0 Å². The molecule has 1 N–H and O–H groups in total. The lowest BCUT2D eigenvalue weighted by Crippen LogP contribution is -2.44. The van der Waals surface area contributed by atoms with Crippen molar-refractivity contribution in [3.05, 3.63) is 0 Å². The summed E-state index contributed by atoms with van der Waals surface area (Å²) in [7, 11) is -2.72. The Bertz CT molecular complexity index is 225. The molecule has 0 heterocycles. The maximum absolute atomic E-state index is 10.4. The molecule has 0 aromatic rings. The first kappa shape index (κ1) is 13.0. The summed E-state index contributed by atoms with van der Waals surface area (Å²) < 4.78 is 44.2. The maximum atomic E-state index is 10.4. The van der Waals surface area contributed by atoms with Gasteiger partial charge < -0.3 is 13.3 Å². The average Bonchev–Trinajstić information content (AvgIpc) is 2.06. The van der Waals surface area contributed by atoms with Gasteiger partial charge in [0.2, 0.25) is 0 Å². The third-order valence-corrected chi connectivity index (χ3v) is 5.41. The second kappa shape index (κ2) is 5.03. The van der Waals surface area contributed by atoms with Crippen molar-refractivity contribution in [2.45, 2.75) is 6.04 Å². The summed E-state index contributed by atoms with van der Waals surface area (Å²) in [4.78, 5) is 0. The van der Waals surface area contributed by atoms with E-state index >= 15 is 0 Å². The molecule has 0 saturated carbocycles. The van der Waals surface area contributed by atoms with Crippen LogP contribution in [0.15, 0.2) is 0 Å². The zero-order valence-corrected chi connectivity index (χ0v) is 9.63. The van der Waals surface area contributed by atoms with Crippen LogP contribution in [0.5, 0.6) is 0 Å². The SMILES string of the molecule is CO[Si](CCS(=O)(=O)O)(OC)OC. The minimum absolute atomic E-state index is 0.0370. The molecule has 0 rings (SSSR count). The number of hydrogen-bond acceptors (Lipinski definition) is 5. The normalized spacial score (nSPS) is 13.2. The average molecular weight is 230 g/mol. The number of hydrogen-bond donors (Lipinski definition) is 1. The molecule has 0 radical (unpaired) electrons. The summed E-state index contributed by atoms with van der Waals surface area (Å²) >= 11 is 0. The van der Waals surface area contributed by atoms with E-state index in [4.69, 9.17) is 17.8 Å². The van der Waals surface area contributed by atoms with Crippen molar-refractivity contribution in [3.8, 4) is 0 Å². The lowest BCUT2D eigenvalue weighted by atomic mass is 11.0. The fraction of sp³-hybridized carbons (Fsp3) is 1.00. The van der Waals surface area contributed by atoms with E-state index in [1.807, 2.05) is 0 Å². The van der Waals surface area contributed by atoms with Crippen molar-refractivity contribution < 1.29 is 26.2 Å². The molecule has 6 nitrogen and oxygen atoms in total. The molecule has 0 unspecified atom stereocenters. The van der Waals surface area contributed by atoms with Crippen molar-refractivity contribution in [1.29, 1.82) is 0 Å². The monoisotopic (exact) mass is 230 g/mol. The quantitative estimate of drug-likeness (QED) is 0.500. The highest BCUT2D eigenvalue weighted by Crippen LogP contribution is 2.13. The molecule has 0 bridgehead atoms. The Morgan fingerprint density at radius 3 is 1.77 bits per heavy atom. The van der Waals surface area contributed by atoms with Crippen LogP contribution in [0.3, 0.4) is 0 Å². The molecule has 0 aliphatic carbocycles. The maximum Gasteiger partial charge on any atom is 0.501 e. The van der Waals surface area contributed by atoms with E-state index < -0.39 is 24.7 Å². The summed E-state index contributed by atoms with van der Waals surface area (Å²) in [5.41, 5.74) is 0. The smallest absolute Gasteiger partial charge is 0.377 e. The molecule has 0 aromatic carbocycles. The van der Waals surface area contributed by atoms with Gasteiger partial charge in [0.05, 0.1) is 5.75 Å². The molecule has 0 atom stereocenters. The third-order valence-electron chi connectivity index (χ3n) is 1.60. The van der Waals surface area contributed by atoms with Crippen LogP contribution in [0.2, 0.25) is 6.04 Å². The second-order valence-electron chi connectivity index (χ2n) is 2.33. The zero-order valence-electron chi connectivity index (χ0n) is 7.81. The molecule has 80 valence electrons. The first-order valence-electron chi connectivity index (χ1n) is 3.50. The topological polar surface area (TPSA) is 82.1 Å². The van der Waals surface area contributed by atoms with Gasteiger partial charge in [-0.25, -0.2) is 0 Å². The molecular formula is C5H14O6SSi. The zero-order chi connectivity index (χ0) is 10.5. The van der Waals surface area contributed by atoms with Gasteiger partial charge in [0.15, 0.2) is 0 Å². The lowest BCUT2D eigenvalue weighted by molar-refractivity contribution is 0.125. The summed E-state index contributed by atoms with van der Waals surface area (Å²) in [5.74, 6) is -0.422. The molecule has 0 spiro atoms. The van der Waals surface area contributed by atoms with E-state index in [-0.39, 0.29) is 6.04 Å². The molecule has 0 aliphatic rings. The van der Waals surface area contributed by atoms with Crippen molar-refractivity contribution in [1.82, 2.24) is 0 Å². The van der Waals surface area contributed by atoms with Crippen LogP contribution in [0.4, 0.5) is 0 Å². The predicted molar refractivity (Wildman–Crippen MR) is 48.0 cm³/mol. The van der Waals surface area contributed by atoms with Crippen molar-refractivity contribution in [3.63, 3.8) is 0 Å². The van der Waals surface area contributed by atoms with E-state index in [0.29, 0.717) is 0 Å². The van der Waals surface area contributed by atoms with Crippen molar-refractivity contribution >= 4 is 18.9 Å². The van der Waals surface area contributed by atoms with Gasteiger partial charge >= 0.3 is 8.80 Å². The first-order chi connectivity index (χ1) is 5.89. The minimum Gasteiger partial charge on any atom is -0.377 e. The fourth-order valence-electron chi connectivity index (χ4n) is 0.810. The van der Waals surface area contributed by atoms with E-state index in [0.717, 1.165) is 0 Å². The van der Waals surface area contributed by atoms with Crippen molar-refractivity contribution in [2.75, 3.05) is 27.1 Å². The molecule has 8 heteroatoms. The molecule has 0 saturated heterocycles. The van der Waals surface area contributed by atoms with E-state index in [1.165, 1.54) is 21.3 Å². The van der Waals surface area contributed by atoms with Crippen LogP contribution in [0.25, 0.3) is 0 Å². The lowest BCUT2D eigenvalue weighted by Gasteiger charge is -2.23. The van der Waals surface area contributed by atoms with Gasteiger partial charge in [0.1, 0.15) is 0 Å². The highest BCUT2D eigenvalue weighted by atomic mass is 32.2. The van der Waals surface area contributed by atoms with Crippen LogP contribution < -0.4 is 0 Å². The highest BCUT2D eigenvalue weighted by Gasteiger charge is 2.38. The van der Waals surface area contributed by atoms with Gasteiger partial charge in [-0.2, -0.15) is 8.42 Å². The predicted octanol–water partition coefficient (Wildman–Crippen LogP) is -0.248. The summed E-state index contributed by atoms with van der Waals surface area (Å²) in [6, 6.07) is 0.0370. The van der Waals surface area contributed by atoms with Gasteiger partial charge in [0.25, 0.3) is 10.1 Å². The molecule has 0 amide bonds. The molecule has 0 aliphatic heterocycles. The van der Waals surface area contributed by atoms with Gasteiger partial charge in [-0.05, 0) is 0 Å². The Morgan fingerprint density at radius 1 is 1.15 bits per heavy atom. The Kier molecular flexibility index (Phi) is 5.03. The van der Waals surface area contributed by atoms with Crippen LogP contribution in [0, 0.1) is 0 Å².